The monoisotopic (exact) mass is 323 g/mol. The van der Waals surface area contributed by atoms with E-state index in [1.807, 2.05) is 25.1 Å². The number of benzene rings is 1. The van der Waals surface area contributed by atoms with Crippen LogP contribution in [0.3, 0.4) is 0 Å². The van der Waals surface area contributed by atoms with Crippen LogP contribution < -0.4 is 5.32 Å². The standard InChI is InChI=1S/C16H22BrNO/c1-11-6-4-8-13(14(11)17)15(19)18-12-7-5-9-16(2,3)10-12/h4,6,8,12H,5,7,9-10H2,1-3H3,(H,18,19). The largest absolute Gasteiger partial charge is 0.349 e. The Balaban J connectivity index is 2.07. The molecule has 104 valence electrons. The van der Waals surface area contributed by atoms with Gasteiger partial charge >= 0.3 is 0 Å². The normalized spacial score (nSPS) is 22.0. The molecule has 2 nitrogen and oxygen atoms in total. The predicted octanol–water partition coefficient (Wildman–Crippen LogP) is 4.46. The molecule has 1 unspecified atom stereocenters. The lowest BCUT2D eigenvalue weighted by Crippen LogP contribution is -2.40. The lowest BCUT2D eigenvalue weighted by Gasteiger charge is -2.35. The summed E-state index contributed by atoms with van der Waals surface area (Å²) in [6.45, 7) is 6.58. The number of halogens is 1. The summed E-state index contributed by atoms with van der Waals surface area (Å²) in [5.74, 6) is 0.0401. The number of rotatable bonds is 2. The quantitative estimate of drug-likeness (QED) is 0.855. The highest BCUT2D eigenvalue weighted by atomic mass is 79.9. The predicted molar refractivity (Wildman–Crippen MR) is 82.4 cm³/mol. The molecular formula is C16H22BrNO. The number of hydrogen-bond acceptors (Lipinski definition) is 1. The average molecular weight is 324 g/mol. The van der Waals surface area contributed by atoms with Crippen molar-refractivity contribution < 1.29 is 4.79 Å². The zero-order valence-electron chi connectivity index (χ0n) is 11.9. The molecule has 0 bridgehead atoms. The van der Waals surface area contributed by atoms with Crippen molar-refractivity contribution in [2.75, 3.05) is 0 Å². The summed E-state index contributed by atoms with van der Waals surface area (Å²) in [6, 6.07) is 6.12. The van der Waals surface area contributed by atoms with Crippen LogP contribution in [0.15, 0.2) is 22.7 Å². The molecule has 1 N–H and O–H groups in total. The van der Waals surface area contributed by atoms with E-state index in [9.17, 15) is 4.79 Å². The zero-order chi connectivity index (χ0) is 14.0. The van der Waals surface area contributed by atoms with E-state index < -0.39 is 0 Å². The minimum absolute atomic E-state index is 0.0401. The van der Waals surface area contributed by atoms with Gasteiger partial charge in [0, 0.05) is 10.5 Å². The fourth-order valence-corrected chi connectivity index (χ4v) is 3.35. The Bertz CT molecular complexity index is 482. The second-order valence-corrected chi connectivity index (χ2v) is 7.16. The number of nitrogens with one attached hydrogen (secondary N) is 1. The van der Waals surface area contributed by atoms with Crippen LogP contribution >= 0.6 is 15.9 Å². The summed E-state index contributed by atoms with van der Waals surface area (Å²) in [6.07, 6.45) is 4.63. The fraction of sp³-hybridized carbons (Fsp3) is 0.562. The second-order valence-electron chi connectivity index (χ2n) is 6.37. The molecule has 1 aliphatic rings. The number of carbonyl (C=O) groups is 1. The highest BCUT2D eigenvalue weighted by Crippen LogP contribution is 2.35. The van der Waals surface area contributed by atoms with Crippen LogP contribution in [0.25, 0.3) is 0 Å². The van der Waals surface area contributed by atoms with Crippen molar-refractivity contribution in [3.8, 4) is 0 Å². The van der Waals surface area contributed by atoms with Crippen LogP contribution in [0, 0.1) is 12.3 Å². The molecule has 1 fully saturated rings. The topological polar surface area (TPSA) is 29.1 Å². The Labute approximate surface area is 124 Å². The maximum absolute atomic E-state index is 12.4. The minimum Gasteiger partial charge on any atom is -0.349 e. The van der Waals surface area contributed by atoms with Crippen molar-refractivity contribution in [2.24, 2.45) is 5.41 Å². The van der Waals surface area contributed by atoms with Crippen LogP contribution in [-0.2, 0) is 0 Å². The Hall–Kier alpha value is -0.830. The van der Waals surface area contributed by atoms with E-state index in [1.54, 1.807) is 0 Å². The third kappa shape index (κ3) is 3.59. The van der Waals surface area contributed by atoms with Gasteiger partial charge in [-0.1, -0.05) is 32.4 Å². The number of hydrogen-bond donors (Lipinski definition) is 1. The summed E-state index contributed by atoms with van der Waals surface area (Å²) < 4.78 is 0.905. The van der Waals surface area contributed by atoms with Crippen LogP contribution in [0.4, 0.5) is 0 Å². The highest BCUT2D eigenvalue weighted by molar-refractivity contribution is 9.10. The lowest BCUT2D eigenvalue weighted by molar-refractivity contribution is 0.0901. The molecule has 0 heterocycles. The first-order valence-corrected chi connectivity index (χ1v) is 7.74. The summed E-state index contributed by atoms with van der Waals surface area (Å²) in [5.41, 5.74) is 2.18. The van der Waals surface area contributed by atoms with Gasteiger partial charge in [-0.05, 0) is 59.2 Å². The Kier molecular flexibility index (Phi) is 4.34. The van der Waals surface area contributed by atoms with E-state index >= 15 is 0 Å². The SMILES string of the molecule is Cc1cccc(C(=O)NC2CCCC(C)(C)C2)c1Br. The van der Waals surface area contributed by atoms with Gasteiger partial charge in [0.25, 0.3) is 5.91 Å². The van der Waals surface area contributed by atoms with Crippen molar-refractivity contribution in [3.63, 3.8) is 0 Å². The maximum Gasteiger partial charge on any atom is 0.252 e. The van der Waals surface area contributed by atoms with Crippen LogP contribution in [0.5, 0.6) is 0 Å². The van der Waals surface area contributed by atoms with Gasteiger partial charge in [0.15, 0.2) is 0 Å². The van der Waals surface area contributed by atoms with Gasteiger partial charge in [0.2, 0.25) is 0 Å². The average Bonchev–Trinajstić information content (AvgIpc) is 2.31. The maximum atomic E-state index is 12.4. The van der Waals surface area contributed by atoms with Gasteiger partial charge in [-0.25, -0.2) is 0 Å². The van der Waals surface area contributed by atoms with Crippen molar-refractivity contribution in [3.05, 3.63) is 33.8 Å². The summed E-state index contributed by atoms with van der Waals surface area (Å²) >= 11 is 3.51. The highest BCUT2D eigenvalue weighted by Gasteiger charge is 2.29. The van der Waals surface area contributed by atoms with Gasteiger partial charge in [0.05, 0.1) is 5.56 Å². The number of carbonyl (C=O) groups excluding carboxylic acids is 1. The minimum atomic E-state index is 0.0401. The zero-order valence-corrected chi connectivity index (χ0v) is 13.5. The van der Waals surface area contributed by atoms with E-state index in [-0.39, 0.29) is 5.91 Å². The molecule has 1 aromatic carbocycles. The third-order valence-corrected chi connectivity index (χ3v) is 5.03. The van der Waals surface area contributed by atoms with Crippen molar-refractivity contribution in [2.45, 2.75) is 52.5 Å². The molecule has 1 amide bonds. The van der Waals surface area contributed by atoms with Gasteiger partial charge in [0.1, 0.15) is 0 Å². The van der Waals surface area contributed by atoms with Gasteiger partial charge in [-0.2, -0.15) is 0 Å². The van der Waals surface area contributed by atoms with E-state index in [0.717, 1.165) is 28.4 Å². The molecule has 0 saturated heterocycles. The molecule has 0 aliphatic heterocycles. The van der Waals surface area contributed by atoms with Crippen molar-refractivity contribution in [1.82, 2.24) is 5.32 Å². The molecule has 19 heavy (non-hydrogen) atoms. The molecule has 0 aromatic heterocycles. The fourth-order valence-electron chi connectivity index (χ4n) is 2.91. The molecule has 1 atom stereocenters. The first-order chi connectivity index (χ1) is 8.89. The first-order valence-electron chi connectivity index (χ1n) is 6.95. The summed E-state index contributed by atoms with van der Waals surface area (Å²) in [5, 5.41) is 3.19. The van der Waals surface area contributed by atoms with E-state index in [1.165, 1.54) is 12.8 Å². The molecular weight excluding hydrogens is 302 g/mol. The Morgan fingerprint density at radius 1 is 1.42 bits per heavy atom. The van der Waals surface area contributed by atoms with Crippen molar-refractivity contribution >= 4 is 21.8 Å². The van der Waals surface area contributed by atoms with Gasteiger partial charge < -0.3 is 5.32 Å². The third-order valence-electron chi connectivity index (χ3n) is 3.98. The second kappa shape index (κ2) is 5.66. The van der Waals surface area contributed by atoms with Gasteiger partial charge in [-0.3, -0.25) is 4.79 Å². The summed E-state index contributed by atoms with van der Waals surface area (Å²) in [4.78, 5) is 12.4. The molecule has 1 aliphatic carbocycles. The number of aryl methyl sites for hydroxylation is 1. The molecule has 3 heteroatoms. The van der Waals surface area contributed by atoms with Crippen LogP contribution in [0.2, 0.25) is 0 Å². The molecule has 0 spiro atoms. The van der Waals surface area contributed by atoms with Gasteiger partial charge in [-0.15, -0.1) is 0 Å². The van der Waals surface area contributed by atoms with E-state index in [4.69, 9.17) is 0 Å². The molecule has 2 rings (SSSR count). The first kappa shape index (κ1) is 14.6. The molecule has 0 radical (unpaired) electrons. The molecule has 1 aromatic rings. The lowest BCUT2D eigenvalue weighted by atomic mass is 9.75. The Morgan fingerprint density at radius 3 is 2.84 bits per heavy atom. The summed E-state index contributed by atoms with van der Waals surface area (Å²) in [7, 11) is 0. The van der Waals surface area contributed by atoms with E-state index in [0.29, 0.717) is 11.5 Å². The van der Waals surface area contributed by atoms with Crippen molar-refractivity contribution in [1.29, 1.82) is 0 Å². The Morgan fingerprint density at radius 2 is 2.16 bits per heavy atom. The van der Waals surface area contributed by atoms with E-state index in [2.05, 4.69) is 35.1 Å². The van der Waals surface area contributed by atoms with Crippen LogP contribution in [-0.4, -0.2) is 11.9 Å². The van der Waals surface area contributed by atoms with Crippen LogP contribution in [0.1, 0.15) is 55.5 Å². The number of amides is 1. The smallest absolute Gasteiger partial charge is 0.252 e. The molecule has 1 saturated carbocycles.